The summed E-state index contributed by atoms with van der Waals surface area (Å²) >= 11 is 0. The van der Waals surface area contributed by atoms with Gasteiger partial charge in [0.25, 0.3) is 0 Å². The third-order valence-electron chi connectivity index (χ3n) is 6.58. The SMILES string of the molecule is C=C(Cc1c(F)cccc1F)N1CCC(c2nc(C)ncc2C(C)(CC)OC(=O)CC)CC1. The highest BCUT2D eigenvalue weighted by molar-refractivity contribution is 5.69. The molecule has 3 rings (SSSR count). The van der Waals surface area contributed by atoms with E-state index in [1.54, 1.807) is 13.1 Å². The van der Waals surface area contributed by atoms with E-state index in [0.717, 1.165) is 24.1 Å². The Morgan fingerprint density at radius 3 is 2.45 bits per heavy atom. The van der Waals surface area contributed by atoms with E-state index in [-0.39, 0.29) is 23.9 Å². The fourth-order valence-corrected chi connectivity index (χ4v) is 4.33. The van der Waals surface area contributed by atoms with Gasteiger partial charge in [0.2, 0.25) is 0 Å². The zero-order valence-electron chi connectivity index (χ0n) is 20.0. The molecule has 1 saturated heterocycles. The minimum Gasteiger partial charge on any atom is -0.454 e. The van der Waals surface area contributed by atoms with E-state index in [4.69, 9.17) is 9.72 Å². The van der Waals surface area contributed by atoms with Gasteiger partial charge in [-0.15, -0.1) is 0 Å². The molecule has 2 aromatic rings. The maximum Gasteiger partial charge on any atom is 0.306 e. The molecular weight excluding hydrogens is 424 g/mol. The second kappa shape index (κ2) is 10.4. The van der Waals surface area contributed by atoms with Crippen molar-refractivity contribution in [1.82, 2.24) is 14.9 Å². The largest absolute Gasteiger partial charge is 0.454 e. The number of nitrogens with zero attached hydrogens (tertiary/aromatic N) is 3. The van der Waals surface area contributed by atoms with E-state index in [2.05, 4.69) is 16.5 Å². The van der Waals surface area contributed by atoms with Gasteiger partial charge in [-0.2, -0.15) is 0 Å². The Hall–Kier alpha value is -2.83. The van der Waals surface area contributed by atoms with Crippen molar-refractivity contribution in [1.29, 1.82) is 0 Å². The number of hydrogen-bond donors (Lipinski definition) is 0. The van der Waals surface area contributed by atoms with Crippen molar-refractivity contribution in [2.75, 3.05) is 13.1 Å². The lowest BCUT2D eigenvalue weighted by Crippen LogP contribution is -2.35. The molecule has 0 amide bonds. The highest BCUT2D eigenvalue weighted by Crippen LogP contribution is 2.38. The number of hydrogen-bond acceptors (Lipinski definition) is 5. The van der Waals surface area contributed by atoms with Crippen molar-refractivity contribution in [3.63, 3.8) is 0 Å². The molecule has 1 fully saturated rings. The van der Waals surface area contributed by atoms with Crippen molar-refractivity contribution < 1.29 is 18.3 Å². The maximum atomic E-state index is 14.1. The number of allylic oxidation sites excluding steroid dienone is 1. The van der Waals surface area contributed by atoms with Crippen LogP contribution in [0.15, 0.2) is 36.7 Å². The third kappa shape index (κ3) is 5.57. The van der Waals surface area contributed by atoms with Crippen LogP contribution in [-0.4, -0.2) is 33.9 Å². The van der Waals surface area contributed by atoms with Crippen LogP contribution >= 0.6 is 0 Å². The zero-order chi connectivity index (χ0) is 24.2. The number of esters is 1. The summed E-state index contributed by atoms with van der Waals surface area (Å²) in [7, 11) is 0. The van der Waals surface area contributed by atoms with E-state index in [9.17, 15) is 13.6 Å². The molecule has 0 saturated carbocycles. The second-order valence-corrected chi connectivity index (χ2v) is 8.83. The van der Waals surface area contributed by atoms with Gasteiger partial charge in [-0.1, -0.05) is 26.5 Å². The lowest BCUT2D eigenvalue weighted by molar-refractivity contribution is -0.159. The number of likely N-dealkylation sites (tertiary alicyclic amines) is 1. The molecule has 1 atom stereocenters. The first-order valence-electron chi connectivity index (χ1n) is 11.6. The molecule has 5 nitrogen and oxygen atoms in total. The number of rotatable bonds is 8. The van der Waals surface area contributed by atoms with E-state index in [0.29, 0.717) is 37.5 Å². The molecule has 1 aliphatic rings. The molecule has 1 aromatic heterocycles. The third-order valence-corrected chi connectivity index (χ3v) is 6.58. The number of aromatic nitrogens is 2. The van der Waals surface area contributed by atoms with Gasteiger partial charge >= 0.3 is 5.97 Å². The molecule has 1 aliphatic heterocycles. The standard InChI is InChI=1S/C26H33F2N3O2/c1-6-24(32)33-26(5,7-2)21-16-29-18(4)30-25(21)19-11-13-31(14-12-19)17(3)15-20-22(27)9-8-10-23(20)28/h8-10,16,19H,3,6-7,11-15H2,1-2,4-5H3. The van der Waals surface area contributed by atoms with Gasteiger partial charge in [-0.25, -0.2) is 18.7 Å². The van der Waals surface area contributed by atoms with E-state index < -0.39 is 17.2 Å². The van der Waals surface area contributed by atoms with Crippen molar-refractivity contribution in [3.05, 3.63) is 71.0 Å². The Labute approximate surface area is 194 Å². The second-order valence-electron chi connectivity index (χ2n) is 8.83. The molecule has 7 heteroatoms. The topological polar surface area (TPSA) is 55.3 Å². The molecule has 2 heterocycles. The first kappa shape index (κ1) is 24.8. The van der Waals surface area contributed by atoms with Crippen LogP contribution in [0, 0.1) is 18.6 Å². The van der Waals surface area contributed by atoms with Gasteiger partial charge in [0.15, 0.2) is 0 Å². The number of carbonyl (C=O) groups is 1. The Morgan fingerprint density at radius 2 is 1.88 bits per heavy atom. The molecular formula is C26H33F2N3O2. The molecule has 0 N–H and O–H groups in total. The van der Waals surface area contributed by atoms with Crippen LogP contribution in [0.1, 0.15) is 75.0 Å². The van der Waals surface area contributed by atoms with Gasteiger partial charge < -0.3 is 9.64 Å². The van der Waals surface area contributed by atoms with Gasteiger partial charge in [-0.3, -0.25) is 4.79 Å². The molecule has 1 aromatic carbocycles. The average Bonchev–Trinajstić information content (AvgIpc) is 2.81. The van der Waals surface area contributed by atoms with Crippen LogP contribution in [-0.2, 0) is 21.6 Å². The fraction of sp³-hybridized carbons (Fsp3) is 0.500. The molecule has 0 bridgehead atoms. The van der Waals surface area contributed by atoms with E-state index >= 15 is 0 Å². The number of carbonyl (C=O) groups excluding carboxylic acids is 1. The summed E-state index contributed by atoms with van der Waals surface area (Å²) in [5.41, 5.74) is 1.73. The number of piperidine rings is 1. The Kier molecular flexibility index (Phi) is 7.82. The predicted molar refractivity (Wildman–Crippen MR) is 124 cm³/mol. The Bertz CT molecular complexity index is 998. The summed E-state index contributed by atoms with van der Waals surface area (Å²) in [5, 5.41) is 0. The van der Waals surface area contributed by atoms with Gasteiger partial charge in [0.1, 0.15) is 23.1 Å². The lowest BCUT2D eigenvalue weighted by Gasteiger charge is -2.37. The van der Waals surface area contributed by atoms with Gasteiger partial charge in [-0.05, 0) is 45.2 Å². The summed E-state index contributed by atoms with van der Waals surface area (Å²) in [6, 6.07) is 3.91. The molecule has 178 valence electrons. The smallest absolute Gasteiger partial charge is 0.306 e. The van der Waals surface area contributed by atoms with Crippen molar-refractivity contribution in [2.45, 2.75) is 71.3 Å². The molecule has 1 unspecified atom stereocenters. The quantitative estimate of drug-likeness (QED) is 0.485. The van der Waals surface area contributed by atoms with E-state index in [1.165, 1.54) is 18.2 Å². The average molecular weight is 458 g/mol. The first-order valence-corrected chi connectivity index (χ1v) is 11.6. The molecule has 0 aliphatic carbocycles. The lowest BCUT2D eigenvalue weighted by atomic mass is 9.84. The van der Waals surface area contributed by atoms with Gasteiger partial charge in [0, 0.05) is 54.9 Å². The monoisotopic (exact) mass is 457 g/mol. The molecule has 0 radical (unpaired) electrons. The summed E-state index contributed by atoms with van der Waals surface area (Å²) in [6.45, 7) is 13.0. The van der Waals surface area contributed by atoms with Crippen molar-refractivity contribution in [3.8, 4) is 0 Å². The summed E-state index contributed by atoms with van der Waals surface area (Å²) in [6.07, 6.45) is 4.47. The number of halogens is 2. The highest BCUT2D eigenvalue weighted by Gasteiger charge is 2.35. The van der Waals surface area contributed by atoms with Crippen LogP contribution in [0.3, 0.4) is 0 Å². The van der Waals surface area contributed by atoms with Crippen LogP contribution < -0.4 is 0 Å². The Morgan fingerprint density at radius 1 is 1.24 bits per heavy atom. The van der Waals surface area contributed by atoms with Crippen LogP contribution in [0.4, 0.5) is 8.78 Å². The normalized spacial score (nSPS) is 16.4. The van der Waals surface area contributed by atoms with E-state index in [1.807, 2.05) is 20.8 Å². The van der Waals surface area contributed by atoms with Gasteiger partial charge in [0.05, 0.1) is 5.69 Å². The minimum atomic E-state index is -0.792. The van der Waals surface area contributed by atoms with Crippen molar-refractivity contribution >= 4 is 5.97 Å². The van der Waals surface area contributed by atoms with Crippen LogP contribution in [0.5, 0.6) is 0 Å². The van der Waals surface area contributed by atoms with Crippen LogP contribution in [0.2, 0.25) is 0 Å². The minimum absolute atomic E-state index is 0.0507. The number of aryl methyl sites for hydroxylation is 1. The summed E-state index contributed by atoms with van der Waals surface area (Å²) in [4.78, 5) is 23.3. The highest BCUT2D eigenvalue weighted by atomic mass is 19.1. The fourth-order valence-electron chi connectivity index (χ4n) is 4.33. The zero-order valence-corrected chi connectivity index (χ0v) is 20.0. The summed E-state index contributed by atoms with van der Waals surface area (Å²) < 4.78 is 33.9. The van der Waals surface area contributed by atoms with Crippen LogP contribution in [0.25, 0.3) is 0 Å². The first-order chi connectivity index (χ1) is 15.7. The molecule has 0 spiro atoms. The molecule has 33 heavy (non-hydrogen) atoms. The van der Waals surface area contributed by atoms with Crippen molar-refractivity contribution in [2.24, 2.45) is 0 Å². The number of benzene rings is 1. The summed E-state index contributed by atoms with van der Waals surface area (Å²) in [5.74, 6) is -0.504. The maximum absolute atomic E-state index is 14.1. The predicted octanol–water partition coefficient (Wildman–Crippen LogP) is 5.58. The number of ether oxygens (including phenoxy) is 1. The Balaban J connectivity index is 1.76.